The maximum Gasteiger partial charge on any atom is 0.248 e. The molecule has 1 heterocycles. The smallest absolute Gasteiger partial charge is 0.248 e. The minimum absolute atomic E-state index is 0.410. The minimum Gasteiger partial charge on any atom is -0.366 e. The molecule has 3 aromatic rings. The lowest BCUT2D eigenvalue weighted by Crippen LogP contribution is -2.12. The van der Waals surface area contributed by atoms with Crippen LogP contribution in [0.5, 0.6) is 0 Å². The van der Waals surface area contributed by atoms with Crippen molar-refractivity contribution in [3.05, 3.63) is 75.9 Å². The highest BCUT2D eigenvalue weighted by molar-refractivity contribution is 6.30. The number of primary amides is 1. The molecule has 1 aromatic heterocycles. The quantitative estimate of drug-likeness (QED) is 0.787. The Balaban J connectivity index is 1.90. The van der Waals surface area contributed by atoms with Crippen molar-refractivity contribution >= 4 is 17.5 Å². The van der Waals surface area contributed by atoms with Gasteiger partial charge in [-0.25, -0.2) is 0 Å². The molecule has 0 aliphatic rings. The van der Waals surface area contributed by atoms with Crippen molar-refractivity contribution in [1.29, 1.82) is 0 Å². The van der Waals surface area contributed by atoms with Crippen molar-refractivity contribution in [2.75, 3.05) is 0 Å². The number of hydrogen-bond acceptors (Lipinski definition) is 2. The highest BCUT2D eigenvalue weighted by atomic mass is 35.5. The second kappa shape index (κ2) is 6.49. The van der Waals surface area contributed by atoms with Gasteiger partial charge in [-0.05, 0) is 48.4 Å². The number of aryl methyl sites for hydroxylation is 2. The molecule has 2 N–H and O–H groups in total. The van der Waals surface area contributed by atoms with Gasteiger partial charge in [0.1, 0.15) is 0 Å². The zero-order valence-electron chi connectivity index (χ0n) is 13.6. The molecular weight excluding hydrogens is 322 g/mol. The van der Waals surface area contributed by atoms with Crippen molar-refractivity contribution in [2.24, 2.45) is 12.8 Å². The van der Waals surface area contributed by atoms with Gasteiger partial charge in [0.15, 0.2) is 0 Å². The Bertz CT molecular complexity index is 897. The summed E-state index contributed by atoms with van der Waals surface area (Å²) in [6.45, 7) is 1.88. The van der Waals surface area contributed by atoms with Crippen LogP contribution in [0.2, 0.25) is 5.02 Å². The molecule has 0 unspecified atom stereocenters. The predicted octanol–water partition coefficient (Wildman–Crippen LogP) is 3.74. The number of amides is 1. The van der Waals surface area contributed by atoms with E-state index in [-0.39, 0.29) is 0 Å². The van der Waals surface area contributed by atoms with Crippen molar-refractivity contribution in [3.8, 4) is 11.3 Å². The molecule has 1 amide bonds. The van der Waals surface area contributed by atoms with Crippen LogP contribution in [0, 0.1) is 6.92 Å². The lowest BCUT2D eigenvalue weighted by atomic mass is 10.0. The van der Waals surface area contributed by atoms with E-state index < -0.39 is 5.91 Å². The second-order valence-electron chi connectivity index (χ2n) is 5.84. The van der Waals surface area contributed by atoms with E-state index in [1.165, 1.54) is 0 Å². The summed E-state index contributed by atoms with van der Waals surface area (Å²) in [4.78, 5) is 11.4. The van der Waals surface area contributed by atoms with E-state index in [0.717, 1.165) is 39.5 Å². The lowest BCUT2D eigenvalue weighted by molar-refractivity contribution is 0.0999. The number of aromatic nitrogens is 2. The number of rotatable bonds is 4. The van der Waals surface area contributed by atoms with Crippen molar-refractivity contribution in [1.82, 2.24) is 9.78 Å². The zero-order valence-corrected chi connectivity index (χ0v) is 14.3. The van der Waals surface area contributed by atoms with Crippen molar-refractivity contribution < 1.29 is 4.79 Å². The summed E-state index contributed by atoms with van der Waals surface area (Å²) in [7, 11) is 1.91. The Morgan fingerprint density at radius 2 is 1.88 bits per heavy atom. The number of benzene rings is 2. The van der Waals surface area contributed by atoms with Gasteiger partial charge in [-0.2, -0.15) is 5.10 Å². The summed E-state index contributed by atoms with van der Waals surface area (Å²) in [6.07, 6.45) is 0.739. The molecule has 0 atom stereocenters. The summed E-state index contributed by atoms with van der Waals surface area (Å²) in [5.74, 6) is -0.410. The average Bonchev–Trinajstić information content (AvgIpc) is 2.89. The molecule has 24 heavy (non-hydrogen) atoms. The Kier molecular flexibility index (Phi) is 4.40. The number of halogens is 1. The van der Waals surface area contributed by atoms with Crippen molar-refractivity contribution in [3.63, 3.8) is 0 Å². The topological polar surface area (TPSA) is 60.9 Å². The van der Waals surface area contributed by atoms with E-state index in [1.54, 1.807) is 6.07 Å². The molecule has 0 aliphatic heterocycles. The monoisotopic (exact) mass is 339 g/mol. The van der Waals surface area contributed by atoms with Crippen LogP contribution >= 0.6 is 11.6 Å². The largest absolute Gasteiger partial charge is 0.366 e. The fraction of sp³-hybridized carbons (Fsp3) is 0.158. The lowest BCUT2D eigenvalue weighted by Gasteiger charge is -2.06. The van der Waals surface area contributed by atoms with Crippen LogP contribution in [0.25, 0.3) is 11.3 Å². The van der Waals surface area contributed by atoms with E-state index in [0.29, 0.717) is 5.56 Å². The van der Waals surface area contributed by atoms with E-state index in [4.69, 9.17) is 17.3 Å². The van der Waals surface area contributed by atoms with E-state index in [9.17, 15) is 4.79 Å². The number of nitrogens with zero attached hydrogens (tertiary/aromatic N) is 2. The van der Waals surface area contributed by atoms with Crippen LogP contribution in [-0.2, 0) is 13.5 Å². The summed E-state index contributed by atoms with van der Waals surface area (Å²) >= 11 is 5.92. The first-order valence-electron chi connectivity index (χ1n) is 7.62. The summed E-state index contributed by atoms with van der Waals surface area (Å²) in [5.41, 5.74) is 10.9. The molecule has 0 aliphatic carbocycles. The van der Waals surface area contributed by atoms with E-state index in [2.05, 4.69) is 11.2 Å². The summed E-state index contributed by atoms with van der Waals surface area (Å²) in [6, 6.07) is 15.5. The molecular formula is C19H18ClN3O. The Hall–Kier alpha value is -2.59. The molecule has 4 nitrogen and oxygen atoms in total. The van der Waals surface area contributed by atoms with Gasteiger partial charge in [-0.15, -0.1) is 0 Å². The van der Waals surface area contributed by atoms with Crippen LogP contribution < -0.4 is 5.73 Å². The molecule has 0 saturated heterocycles. The summed E-state index contributed by atoms with van der Waals surface area (Å²) in [5, 5.41) is 5.31. The minimum atomic E-state index is -0.410. The molecule has 0 spiro atoms. The third-order valence-corrected chi connectivity index (χ3v) is 4.27. The number of hydrogen-bond donors (Lipinski definition) is 1. The fourth-order valence-electron chi connectivity index (χ4n) is 2.79. The number of carbonyl (C=O) groups excluding carboxylic acids is 1. The van der Waals surface area contributed by atoms with Crippen LogP contribution in [-0.4, -0.2) is 15.7 Å². The van der Waals surface area contributed by atoms with Crippen molar-refractivity contribution in [2.45, 2.75) is 13.3 Å². The molecule has 0 fully saturated rings. The van der Waals surface area contributed by atoms with Gasteiger partial charge < -0.3 is 5.73 Å². The van der Waals surface area contributed by atoms with Gasteiger partial charge in [0.2, 0.25) is 5.91 Å². The van der Waals surface area contributed by atoms with Crippen LogP contribution in [0.15, 0.2) is 48.5 Å². The average molecular weight is 340 g/mol. The molecule has 5 heteroatoms. The molecule has 0 bridgehead atoms. The van der Waals surface area contributed by atoms with E-state index >= 15 is 0 Å². The first-order valence-corrected chi connectivity index (χ1v) is 8.00. The predicted molar refractivity (Wildman–Crippen MR) is 96.2 cm³/mol. The van der Waals surface area contributed by atoms with Crippen LogP contribution in [0.4, 0.5) is 0 Å². The van der Waals surface area contributed by atoms with E-state index in [1.807, 2.05) is 55.1 Å². The first kappa shape index (κ1) is 16.3. The highest BCUT2D eigenvalue weighted by Crippen LogP contribution is 2.24. The fourth-order valence-corrected chi connectivity index (χ4v) is 2.92. The third kappa shape index (κ3) is 3.34. The van der Waals surface area contributed by atoms with Crippen LogP contribution in [0.1, 0.15) is 27.2 Å². The molecule has 122 valence electrons. The van der Waals surface area contributed by atoms with Crippen LogP contribution in [0.3, 0.4) is 0 Å². The van der Waals surface area contributed by atoms with Gasteiger partial charge in [0.05, 0.1) is 11.4 Å². The first-order chi connectivity index (χ1) is 11.4. The number of nitrogens with two attached hydrogens (primary N) is 1. The third-order valence-electron chi connectivity index (χ3n) is 4.02. The molecule has 0 saturated carbocycles. The van der Waals surface area contributed by atoms with Gasteiger partial charge in [0, 0.05) is 29.6 Å². The maximum atomic E-state index is 11.4. The Labute approximate surface area is 145 Å². The standard InChI is InChI=1S/C19H18ClN3O/c1-12-9-14(5-8-17(12)19(21)24)18-11-16(22-23(18)2)10-13-3-6-15(20)7-4-13/h3-9,11H,10H2,1-2H3,(H2,21,24). The molecule has 2 aromatic carbocycles. The highest BCUT2D eigenvalue weighted by Gasteiger charge is 2.11. The SMILES string of the molecule is Cc1cc(-c2cc(Cc3ccc(Cl)cc3)nn2C)ccc1C(N)=O. The zero-order chi connectivity index (χ0) is 17.3. The maximum absolute atomic E-state index is 11.4. The van der Waals surface area contributed by atoms with Gasteiger partial charge >= 0.3 is 0 Å². The summed E-state index contributed by atoms with van der Waals surface area (Å²) < 4.78 is 1.85. The second-order valence-corrected chi connectivity index (χ2v) is 6.28. The molecule has 3 rings (SSSR count). The normalized spacial score (nSPS) is 10.8. The number of carbonyl (C=O) groups is 1. The Morgan fingerprint density at radius 1 is 1.17 bits per heavy atom. The van der Waals surface area contributed by atoms with Gasteiger partial charge in [-0.1, -0.05) is 29.8 Å². The van der Waals surface area contributed by atoms with Gasteiger partial charge in [-0.3, -0.25) is 9.48 Å². The molecule has 0 radical (unpaired) electrons. The van der Waals surface area contributed by atoms with Gasteiger partial charge in [0.25, 0.3) is 0 Å². The Morgan fingerprint density at radius 3 is 2.50 bits per heavy atom.